The maximum atomic E-state index is 12.5. The highest BCUT2D eigenvalue weighted by Crippen LogP contribution is 2.24. The second-order valence-corrected chi connectivity index (χ2v) is 6.76. The van der Waals surface area contributed by atoms with Gasteiger partial charge in [-0.1, -0.05) is 18.2 Å². The number of hydrazine groups is 1. The summed E-state index contributed by atoms with van der Waals surface area (Å²) in [6.45, 7) is 1.75. The van der Waals surface area contributed by atoms with E-state index in [-0.39, 0.29) is 22.4 Å². The zero-order chi connectivity index (χ0) is 21.6. The number of pyridine rings is 1. The molecule has 3 heterocycles. The first-order valence-corrected chi connectivity index (χ1v) is 8.94. The number of carbonyl (C=O) groups is 2. The summed E-state index contributed by atoms with van der Waals surface area (Å²) in [5.41, 5.74) is 4.88. The predicted octanol–water partition coefficient (Wildman–Crippen LogP) is 0.762. The lowest BCUT2D eigenvalue weighted by Gasteiger charge is -2.09. The Bertz CT molecular complexity index is 1460. The molecule has 0 aliphatic heterocycles. The van der Waals surface area contributed by atoms with Gasteiger partial charge in [-0.2, -0.15) is 0 Å². The Balaban J connectivity index is 1.59. The molecule has 0 fully saturated rings. The molecule has 0 unspecified atom stereocenters. The number of benzene rings is 1. The van der Waals surface area contributed by atoms with Crippen LogP contribution in [0, 0.1) is 6.92 Å². The van der Waals surface area contributed by atoms with Gasteiger partial charge in [0.25, 0.3) is 11.5 Å². The van der Waals surface area contributed by atoms with Crippen LogP contribution in [-0.4, -0.2) is 25.9 Å². The number of carbonyl (C=O) groups excluding carboxylic acids is 2. The summed E-state index contributed by atoms with van der Waals surface area (Å²) in [6, 6.07) is 8.52. The van der Waals surface area contributed by atoms with Gasteiger partial charge in [-0.05, 0) is 19.1 Å². The van der Waals surface area contributed by atoms with Crippen molar-refractivity contribution in [3.8, 4) is 0 Å². The summed E-state index contributed by atoms with van der Waals surface area (Å²) in [5, 5.41) is 0.904. The molecule has 0 saturated heterocycles. The van der Waals surface area contributed by atoms with E-state index in [1.807, 2.05) is 12.1 Å². The van der Waals surface area contributed by atoms with Crippen LogP contribution in [0.1, 0.15) is 26.5 Å². The van der Waals surface area contributed by atoms with E-state index in [2.05, 4.69) is 15.8 Å². The largest absolute Gasteiger partial charge is 0.451 e. The highest BCUT2D eigenvalue weighted by molar-refractivity contribution is 6.02. The molecule has 30 heavy (non-hydrogen) atoms. The standard InChI is InChI=1S/C20H17N5O5/c1-10-12-6-4-5-7-14(12)30-15(10)18(27)23-22-17(26)11-8-13-16(21-9-11)24(2)20(29)25(3)19(13)28/h4-9H,1-3H3,(H,22,26)(H,23,27). The molecule has 0 aliphatic carbocycles. The van der Waals surface area contributed by atoms with Crippen LogP contribution in [0.3, 0.4) is 0 Å². The molecule has 4 rings (SSSR count). The van der Waals surface area contributed by atoms with E-state index in [0.717, 1.165) is 9.95 Å². The van der Waals surface area contributed by atoms with Crippen molar-refractivity contribution >= 4 is 33.8 Å². The van der Waals surface area contributed by atoms with Crippen molar-refractivity contribution in [2.75, 3.05) is 0 Å². The predicted molar refractivity (Wildman–Crippen MR) is 108 cm³/mol. The molecule has 152 valence electrons. The van der Waals surface area contributed by atoms with Crippen LogP contribution in [0.2, 0.25) is 0 Å². The quantitative estimate of drug-likeness (QED) is 0.472. The van der Waals surface area contributed by atoms with Crippen LogP contribution >= 0.6 is 0 Å². The van der Waals surface area contributed by atoms with Crippen molar-refractivity contribution in [2.45, 2.75) is 6.92 Å². The van der Waals surface area contributed by atoms with Crippen LogP contribution in [0.25, 0.3) is 22.0 Å². The first-order chi connectivity index (χ1) is 14.3. The summed E-state index contributed by atoms with van der Waals surface area (Å²) in [5.74, 6) is -1.22. The van der Waals surface area contributed by atoms with Gasteiger partial charge < -0.3 is 4.42 Å². The fourth-order valence-electron chi connectivity index (χ4n) is 3.22. The Hall–Kier alpha value is -4.21. The number of nitrogens with one attached hydrogen (secondary N) is 2. The van der Waals surface area contributed by atoms with Gasteiger partial charge in [0.1, 0.15) is 11.2 Å². The lowest BCUT2D eigenvalue weighted by Crippen LogP contribution is -2.42. The number of aryl methyl sites for hydroxylation is 2. The number of amides is 2. The summed E-state index contributed by atoms with van der Waals surface area (Å²) in [6.07, 6.45) is 1.22. The first kappa shape index (κ1) is 19.1. The average Bonchev–Trinajstić information content (AvgIpc) is 3.10. The molecular formula is C20H17N5O5. The molecule has 2 N–H and O–H groups in total. The Labute approximate surface area is 168 Å². The van der Waals surface area contributed by atoms with Gasteiger partial charge in [-0.25, -0.2) is 9.78 Å². The average molecular weight is 407 g/mol. The van der Waals surface area contributed by atoms with E-state index in [4.69, 9.17) is 4.42 Å². The fraction of sp³-hybridized carbons (Fsp3) is 0.150. The Morgan fingerprint density at radius 2 is 1.70 bits per heavy atom. The van der Waals surface area contributed by atoms with Gasteiger partial charge in [-0.15, -0.1) is 0 Å². The van der Waals surface area contributed by atoms with Crippen molar-refractivity contribution in [3.05, 3.63) is 74.3 Å². The maximum Gasteiger partial charge on any atom is 0.332 e. The molecule has 10 nitrogen and oxygen atoms in total. The second kappa shape index (κ2) is 6.99. The number of nitrogens with zero attached hydrogens (tertiary/aromatic N) is 3. The lowest BCUT2D eigenvalue weighted by molar-refractivity contribution is 0.0831. The molecular weight excluding hydrogens is 390 g/mol. The van der Waals surface area contributed by atoms with Gasteiger partial charge >= 0.3 is 11.6 Å². The number of aromatic nitrogens is 3. The van der Waals surface area contributed by atoms with E-state index in [1.165, 1.54) is 30.9 Å². The zero-order valence-corrected chi connectivity index (χ0v) is 16.3. The Kier molecular flexibility index (Phi) is 4.46. The van der Waals surface area contributed by atoms with Gasteiger partial charge in [-0.3, -0.25) is 34.4 Å². The second-order valence-electron chi connectivity index (χ2n) is 6.76. The number of hydrogen-bond acceptors (Lipinski definition) is 6. The van der Waals surface area contributed by atoms with Crippen LogP contribution < -0.4 is 22.1 Å². The number of para-hydroxylation sites is 1. The molecule has 0 atom stereocenters. The highest BCUT2D eigenvalue weighted by atomic mass is 16.3. The van der Waals surface area contributed by atoms with Crippen molar-refractivity contribution in [1.82, 2.24) is 25.0 Å². The minimum Gasteiger partial charge on any atom is -0.451 e. The molecule has 4 aromatic rings. The van der Waals surface area contributed by atoms with Crippen LogP contribution in [0.5, 0.6) is 0 Å². The van der Waals surface area contributed by atoms with Gasteiger partial charge in [0.2, 0.25) is 0 Å². The topological polar surface area (TPSA) is 128 Å². The third-order valence-corrected chi connectivity index (χ3v) is 4.89. The number of fused-ring (bicyclic) bond motifs is 2. The van der Waals surface area contributed by atoms with Gasteiger partial charge in [0.05, 0.1) is 10.9 Å². The summed E-state index contributed by atoms with van der Waals surface area (Å²) >= 11 is 0. The van der Waals surface area contributed by atoms with Crippen molar-refractivity contribution < 1.29 is 14.0 Å². The van der Waals surface area contributed by atoms with E-state index in [0.29, 0.717) is 11.1 Å². The summed E-state index contributed by atoms with van der Waals surface area (Å²) < 4.78 is 7.70. The molecule has 0 bridgehead atoms. The lowest BCUT2D eigenvalue weighted by atomic mass is 10.1. The summed E-state index contributed by atoms with van der Waals surface area (Å²) in [7, 11) is 2.82. The number of hydrogen-bond donors (Lipinski definition) is 2. The Morgan fingerprint density at radius 3 is 2.43 bits per heavy atom. The zero-order valence-electron chi connectivity index (χ0n) is 16.3. The normalized spacial score (nSPS) is 11.0. The minimum absolute atomic E-state index is 0.0416. The molecule has 0 aliphatic rings. The Morgan fingerprint density at radius 1 is 1.00 bits per heavy atom. The summed E-state index contributed by atoms with van der Waals surface area (Å²) in [4.78, 5) is 53.3. The first-order valence-electron chi connectivity index (χ1n) is 8.94. The van der Waals surface area contributed by atoms with Crippen molar-refractivity contribution in [1.29, 1.82) is 0 Å². The third-order valence-electron chi connectivity index (χ3n) is 4.89. The number of furan rings is 1. The van der Waals surface area contributed by atoms with Crippen molar-refractivity contribution in [2.24, 2.45) is 14.1 Å². The highest BCUT2D eigenvalue weighted by Gasteiger charge is 2.19. The van der Waals surface area contributed by atoms with Crippen LogP contribution in [-0.2, 0) is 14.1 Å². The molecule has 0 saturated carbocycles. The molecule has 3 aromatic heterocycles. The van der Waals surface area contributed by atoms with Gasteiger partial charge in [0.15, 0.2) is 5.76 Å². The molecule has 2 amide bonds. The van der Waals surface area contributed by atoms with E-state index >= 15 is 0 Å². The van der Waals surface area contributed by atoms with Crippen molar-refractivity contribution in [3.63, 3.8) is 0 Å². The minimum atomic E-state index is -0.678. The SMILES string of the molecule is Cc1c(C(=O)NNC(=O)c2cnc3c(c2)c(=O)n(C)c(=O)n3C)oc2ccccc12. The molecule has 0 radical (unpaired) electrons. The maximum absolute atomic E-state index is 12.5. The van der Waals surface area contributed by atoms with Gasteiger partial charge in [0, 0.05) is 31.2 Å². The monoisotopic (exact) mass is 407 g/mol. The van der Waals surface area contributed by atoms with E-state index in [1.54, 1.807) is 19.1 Å². The molecule has 1 aromatic carbocycles. The number of rotatable bonds is 2. The van der Waals surface area contributed by atoms with E-state index in [9.17, 15) is 19.2 Å². The fourth-order valence-corrected chi connectivity index (χ4v) is 3.22. The molecule has 0 spiro atoms. The van der Waals surface area contributed by atoms with Crippen LogP contribution in [0.4, 0.5) is 0 Å². The van der Waals surface area contributed by atoms with E-state index < -0.39 is 23.1 Å². The molecule has 10 heteroatoms. The third kappa shape index (κ3) is 2.94. The smallest absolute Gasteiger partial charge is 0.332 e. The van der Waals surface area contributed by atoms with Crippen LogP contribution in [0.15, 0.2) is 50.5 Å².